The van der Waals surface area contributed by atoms with Gasteiger partial charge in [-0.1, -0.05) is 60.7 Å². The van der Waals surface area contributed by atoms with Crippen LogP contribution in [-0.2, 0) is 22.4 Å². The van der Waals surface area contributed by atoms with E-state index in [1.54, 1.807) is 24.3 Å². The van der Waals surface area contributed by atoms with Gasteiger partial charge in [0.05, 0.1) is 6.61 Å². The molecule has 2 bridgehead atoms. The van der Waals surface area contributed by atoms with Crippen LogP contribution in [0.1, 0.15) is 47.7 Å². The van der Waals surface area contributed by atoms with Crippen molar-refractivity contribution in [2.45, 2.75) is 51.1 Å². The molecule has 43 heavy (non-hydrogen) atoms. The van der Waals surface area contributed by atoms with Gasteiger partial charge in [-0.25, -0.2) is 0 Å². The van der Waals surface area contributed by atoms with Crippen LogP contribution in [0.3, 0.4) is 0 Å². The minimum absolute atomic E-state index is 0.117. The van der Waals surface area contributed by atoms with Crippen molar-refractivity contribution >= 4 is 17.7 Å². The molecular weight excluding hydrogens is 540 g/mol. The van der Waals surface area contributed by atoms with E-state index in [0.29, 0.717) is 43.5 Å². The number of hydrogen-bond donors (Lipinski definition) is 4. The van der Waals surface area contributed by atoms with Crippen molar-refractivity contribution in [2.75, 3.05) is 19.7 Å². The Kier molecular flexibility index (Phi) is 9.77. The van der Waals surface area contributed by atoms with Gasteiger partial charge in [-0.05, 0) is 85.4 Å². The van der Waals surface area contributed by atoms with Gasteiger partial charge in [0.1, 0.15) is 17.8 Å². The summed E-state index contributed by atoms with van der Waals surface area (Å²) in [5, 5.41) is 9.04. The highest BCUT2D eigenvalue weighted by atomic mass is 16.5. The van der Waals surface area contributed by atoms with Crippen LogP contribution >= 0.6 is 0 Å². The number of carbonyl (C=O) groups excluding carboxylic acids is 3. The first-order chi connectivity index (χ1) is 20.9. The molecule has 0 radical (unpaired) electrons. The average molecular weight is 583 g/mol. The summed E-state index contributed by atoms with van der Waals surface area (Å²) in [6.07, 6.45) is 3.82. The Balaban J connectivity index is 1.31. The van der Waals surface area contributed by atoms with E-state index in [0.717, 1.165) is 36.1 Å². The zero-order valence-corrected chi connectivity index (χ0v) is 24.8. The molecule has 3 aliphatic rings. The summed E-state index contributed by atoms with van der Waals surface area (Å²) < 4.78 is 5.55. The molecule has 3 saturated carbocycles. The van der Waals surface area contributed by atoms with Gasteiger partial charge in [0.15, 0.2) is 0 Å². The SMILES string of the molecule is CCOc1ccc(C[C@@H](NC(=O)c2ccccc2)C(=O)N[C@@H](Cc2ccccc2)C(=O)NCC23CC(CN)C(C2)C3)cc1. The Morgan fingerprint density at radius 3 is 2.02 bits per heavy atom. The summed E-state index contributed by atoms with van der Waals surface area (Å²) in [6.45, 7) is 3.75. The van der Waals surface area contributed by atoms with E-state index in [1.165, 1.54) is 0 Å². The maximum Gasteiger partial charge on any atom is 0.251 e. The molecule has 3 atom stereocenters. The predicted octanol–water partition coefficient (Wildman–Crippen LogP) is 3.65. The van der Waals surface area contributed by atoms with E-state index in [-0.39, 0.29) is 23.7 Å². The molecule has 3 amide bonds. The first kappa shape index (κ1) is 30.3. The minimum atomic E-state index is -0.900. The van der Waals surface area contributed by atoms with Crippen LogP contribution < -0.4 is 26.4 Å². The molecular formula is C35H42N4O4. The van der Waals surface area contributed by atoms with Crippen molar-refractivity contribution < 1.29 is 19.1 Å². The van der Waals surface area contributed by atoms with E-state index < -0.39 is 18.0 Å². The maximum absolute atomic E-state index is 13.9. The van der Waals surface area contributed by atoms with Crippen molar-refractivity contribution in [3.05, 3.63) is 102 Å². The van der Waals surface area contributed by atoms with E-state index in [4.69, 9.17) is 10.5 Å². The fraction of sp³-hybridized carbons (Fsp3) is 0.400. The summed E-state index contributed by atoms with van der Waals surface area (Å²) in [4.78, 5) is 40.6. The highest BCUT2D eigenvalue weighted by Gasteiger charge is 2.55. The number of rotatable bonds is 14. The van der Waals surface area contributed by atoms with Crippen molar-refractivity contribution in [3.8, 4) is 5.75 Å². The summed E-state index contributed by atoms with van der Waals surface area (Å²) in [5.41, 5.74) is 8.32. The Morgan fingerprint density at radius 2 is 1.42 bits per heavy atom. The van der Waals surface area contributed by atoms with E-state index in [2.05, 4.69) is 16.0 Å². The lowest BCUT2D eigenvalue weighted by atomic mass is 9.69. The van der Waals surface area contributed by atoms with Crippen molar-refractivity contribution in [1.82, 2.24) is 16.0 Å². The first-order valence-electron chi connectivity index (χ1n) is 15.3. The molecule has 0 heterocycles. The second-order valence-electron chi connectivity index (χ2n) is 12.0. The number of fused-ring (bicyclic) bond motifs is 1. The Bertz CT molecular complexity index is 1370. The molecule has 0 saturated heterocycles. The van der Waals surface area contributed by atoms with Crippen molar-refractivity contribution in [1.29, 1.82) is 0 Å². The van der Waals surface area contributed by atoms with E-state index in [9.17, 15) is 14.4 Å². The lowest BCUT2D eigenvalue weighted by Crippen LogP contribution is -2.56. The average Bonchev–Trinajstić information content (AvgIpc) is 3.57. The number of ether oxygens (including phenoxy) is 1. The molecule has 3 fully saturated rings. The highest BCUT2D eigenvalue weighted by molar-refractivity contribution is 5.98. The predicted molar refractivity (Wildman–Crippen MR) is 166 cm³/mol. The second-order valence-corrected chi connectivity index (χ2v) is 12.0. The lowest BCUT2D eigenvalue weighted by molar-refractivity contribution is -0.130. The molecule has 3 aromatic carbocycles. The molecule has 3 aliphatic carbocycles. The number of carbonyl (C=O) groups is 3. The number of amides is 3. The largest absolute Gasteiger partial charge is 0.494 e. The minimum Gasteiger partial charge on any atom is -0.494 e. The topological polar surface area (TPSA) is 123 Å². The molecule has 5 N–H and O–H groups in total. The van der Waals surface area contributed by atoms with Gasteiger partial charge in [-0.2, -0.15) is 0 Å². The van der Waals surface area contributed by atoms with Crippen LogP contribution in [0.4, 0.5) is 0 Å². The van der Waals surface area contributed by atoms with Gasteiger partial charge >= 0.3 is 0 Å². The number of benzene rings is 3. The summed E-state index contributed by atoms with van der Waals surface area (Å²) in [7, 11) is 0. The normalized spacial score (nSPS) is 21.6. The zero-order chi connectivity index (χ0) is 30.2. The molecule has 8 heteroatoms. The fourth-order valence-corrected chi connectivity index (χ4v) is 6.66. The van der Waals surface area contributed by atoms with Crippen LogP contribution in [-0.4, -0.2) is 49.5 Å². The monoisotopic (exact) mass is 582 g/mol. The van der Waals surface area contributed by atoms with Crippen molar-refractivity contribution in [2.24, 2.45) is 23.0 Å². The lowest BCUT2D eigenvalue weighted by Gasteiger charge is -2.39. The second kappa shape index (κ2) is 13.9. The Hall–Kier alpha value is -4.17. The van der Waals surface area contributed by atoms with Crippen LogP contribution in [0.15, 0.2) is 84.9 Å². The Labute approximate surface area is 253 Å². The van der Waals surface area contributed by atoms with Gasteiger partial charge < -0.3 is 26.4 Å². The Morgan fingerprint density at radius 1 is 0.814 bits per heavy atom. The molecule has 8 nitrogen and oxygen atoms in total. The molecule has 6 rings (SSSR count). The number of hydrogen-bond acceptors (Lipinski definition) is 5. The third-order valence-electron chi connectivity index (χ3n) is 8.94. The molecule has 0 aromatic heterocycles. The third-order valence-corrected chi connectivity index (χ3v) is 8.94. The number of nitrogens with one attached hydrogen (secondary N) is 3. The van der Waals surface area contributed by atoms with Crippen LogP contribution in [0.5, 0.6) is 5.75 Å². The van der Waals surface area contributed by atoms with Crippen LogP contribution in [0, 0.1) is 17.3 Å². The van der Waals surface area contributed by atoms with Gasteiger partial charge in [0.2, 0.25) is 11.8 Å². The molecule has 1 unspecified atom stereocenters. The summed E-state index contributed by atoms with van der Waals surface area (Å²) in [6, 6.07) is 24.2. The van der Waals surface area contributed by atoms with Gasteiger partial charge in [0, 0.05) is 24.9 Å². The van der Waals surface area contributed by atoms with Crippen molar-refractivity contribution in [3.63, 3.8) is 0 Å². The summed E-state index contributed by atoms with van der Waals surface area (Å²) in [5.74, 6) is 0.940. The van der Waals surface area contributed by atoms with E-state index >= 15 is 0 Å². The third kappa shape index (κ3) is 7.62. The standard InChI is InChI=1S/C35H42N4O4/c1-2-43-29-15-13-25(14-16-29)18-31(38-32(40)26-11-7-4-8-12-26)34(42)39-30(17-24-9-5-3-6-10-24)33(41)37-23-35-19-27(20-35)28(21-35)22-36/h3-16,27-28,30-31H,2,17-23,36H2,1H3,(H,37,41)(H,38,40)(H,39,42)/t27?,28?,30-,31+,35?/m0/s1. The number of nitrogens with two attached hydrogens (primary N) is 1. The maximum atomic E-state index is 13.9. The molecule has 226 valence electrons. The van der Waals surface area contributed by atoms with E-state index in [1.807, 2.05) is 67.6 Å². The fourth-order valence-electron chi connectivity index (χ4n) is 6.66. The van der Waals surface area contributed by atoms with Gasteiger partial charge in [-0.15, -0.1) is 0 Å². The van der Waals surface area contributed by atoms with Gasteiger partial charge in [-0.3, -0.25) is 14.4 Å². The van der Waals surface area contributed by atoms with Gasteiger partial charge in [0.25, 0.3) is 5.91 Å². The summed E-state index contributed by atoms with van der Waals surface area (Å²) >= 11 is 0. The molecule has 0 aliphatic heterocycles. The zero-order valence-electron chi connectivity index (χ0n) is 24.8. The molecule has 0 spiro atoms. The quantitative estimate of drug-likeness (QED) is 0.231. The highest BCUT2D eigenvalue weighted by Crippen LogP contribution is 2.61. The van der Waals surface area contributed by atoms with Crippen LogP contribution in [0.2, 0.25) is 0 Å². The van der Waals surface area contributed by atoms with Crippen LogP contribution in [0.25, 0.3) is 0 Å². The first-order valence-corrected chi connectivity index (χ1v) is 15.3. The smallest absolute Gasteiger partial charge is 0.251 e. The molecule has 3 aromatic rings.